The molecule has 0 unspecified atom stereocenters. The van der Waals surface area contributed by atoms with E-state index in [2.05, 4.69) is 20.7 Å². The highest BCUT2D eigenvalue weighted by Gasteiger charge is 2.16. The van der Waals surface area contributed by atoms with Crippen molar-refractivity contribution < 1.29 is 13.5 Å². The van der Waals surface area contributed by atoms with Crippen LogP contribution in [-0.4, -0.2) is 13.5 Å². The third-order valence-electron chi connectivity index (χ3n) is 2.61. The number of sulfonamides is 1. The number of aromatic hydroxyl groups is 1. The van der Waals surface area contributed by atoms with E-state index in [-0.39, 0.29) is 21.4 Å². The number of hydrogen-bond donors (Lipinski definition) is 2. The monoisotopic (exact) mass is 375 g/mol. The third-order valence-corrected chi connectivity index (χ3v) is 4.95. The number of benzene rings is 2. The Morgan fingerprint density at radius 1 is 1.20 bits per heavy atom. The molecule has 2 rings (SSSR count). The number of phenolic OH excluding ortho intramolecular Hbond substituents is 1. The lowest BCUT2D eigenvalue weighted by molar-refractivity contribution is 0.476. The van der Waals surface area contributed by atoms with Crippen LogP contribution in [0.5, 0.6) is 5.75 Å². The van der Waals surface area contributed by atoms with Crippen LogP contribution in [0.3, 0.4) is 0 Å². The van der Waals surface area contributed by atoms with Gasteiger partial charge in [0.15, 0.2) is 0 Å². The number of halogens is 2. The Balaban J connectivity index is 2.38. The molecule has 7 heteroatoms. The van der Waals surface area contributed by atoms with Crippen molar-refractivity contribution in [2.45, 2.75) is 11.8 Å². The molecule has 0 aromatic heterocycles. The Labute approximate surface area is 130 Å². The zero-order chi connectivity index (χ0) is 14.9. The number of rotatable bonds is 3. The average Bonchev–Trinajstić information content (AvgIpc) is 2.36. The molecule has 0 amide bonds. The molecule has 0 aliphatic rings. The lowest BCUT2D eigenvalue weighted by atomic mass is 10.2. The smallest absolute Gasteiger partial charge is 0.261 e. The molecular formula is C13H11BrClNO3S. The summed E-state index contributed by atoms with van der Waals surface area (Å²) in [5, 5.41) is 9.68. The highest BCUT2D eigenvalue weighted by Crippen LogP contribution is 2.34. The first-order chi connectivity index (χ1) is 9.29. The quantitative estimate of drug-likeness (QED) is 0.853. The van der Waals surface area contributed by atoms with Gasteiger partial charge < -0.3 is 5.11 Å². The minimum Gasteiger partial charge on any atom is -0.506 e. The molecule has 0 bridgehead atoms. The van der Waals surface area contributed by atoms with Crippen molar-refractivity contribution in [1.82, 2.24) is 0 Å². The summed E-state index contributed by atoms with van der Waals surface area (Å²) in [7, 11) is -3.72. The summed E-state index contributed by atoms with van der Waals surface area (Å²) in [4.78, 5) is 0.143. The molecule has 4 nitrogen and oxygen atoms in total. The van der Waals surface area contributed by atoms with Gasteiger partial charge in [0.05, 0.1) is 15.6 Å². The van der Waals surface area contributed by atoms with Crippen LogP contribution in [0.2, 0.25) is 5.02 Å². The third kappa shape index (κ3) is 3.26. The van der Waals surface area contributed by atoms with Gasteiger partial charge in [-0.2, -0.15) is 0 Å². The number of anilines is 1. The Bertz CT molecular complexity index is 745. The second-order valence-corrected chi connectivity index (χ2v) is 7.15. The molecular weight excluding hydrogens is 366 g/mol. The van der Waals surface area contributed by atoms with Gasteiger partial charge in [0.1, 0.15) is 5.75 Å². The molecule has 0 atom stereocenters. The first-order valence-corrected chi connectivity index (χ1v) is 8.22. The molecule has 0 heterocycles. The molecule has 0 fully saturated rings. The van der Waals surface area contributed by atoms with E-state index in [0.29, 0.717) is 4.47 Å². The van der Waals surface area contributed by atoms with E-state index in [4.69, 9.17) is 11.6 Å². The Hall–Kier alpha value is -1.24. The van der Waals surface area contributed by atoms with Gasteiger partial charge >= 0.3 is 0 Å². The van der Waals surface area contributed by atoms with Crippen molar-refractivity contribution in [2.24, 2.45) is 0 Å². The lowest BCUT2D eigenvalue weighted by Gasteiger charge is -2.11. The fourth-order valence-electron chi connectivity index (χ4n) is 1.54. The summed E-state index contributed by atoms with van der Waals surface area (Å²) in [5.41, 5.74) is 1.18. The van der Waals surface area contributed by atoms with Crippen molar-refractivity contribution >= 4 is 43.2 Å². The van der Waals surface area contributed by atoms with E-state index in [1.807, 2.05) is 6.92 Å². The molecule has 0 saturated heterocycles. The molecule has 2 aromatic carbocycles. The van der Waals surface area contributed by atoms with E-state index in [9.17, 15) is 13.5 Å². The van der Waals surface area contributed by atoms with Crippen molar-refractivity contribution in [2.75, 3.05) is 4.72 Å². The van der Waals surface area contributed by atoms with Gasteiger partial charge in [0, 0.05) is 10.5 Å². The molecule has 0 aliphatic carbocycles. The van der Waals surface area contributed by atoms with E-state index >= 15 is 0 Å². The van der Waals surface area contributed by atoms with Gasteiger partial charge in [-0.3, -0.25) is 4.72 Å². The van der Waals surface area contributed by atoms with E-state index in [1.165, 1.54) is 24.3 Å². The van der Waals surface area contributed by atoms with Crippen LogP contribution in [0.4, 0.5) is 5.69 Å². The molecule has 2 aromatic rings. The number of phenols is 1. The minimum absolute atomic E-state index is 0.134. The van der Waals surface area contributed by atoms with Crippen molar-refractivity contribution in [1.29, 1.82) is 0 Å². The minimum atomic E-state index is -3.72. The van der Waals surface area contributed by atoms with Crippen LogP contribution in [-0.2, 0) is 10.0 Å². The summed E-state index contributed by atoms with van der Waals surface area (Å²) in [6, 6.07) is 9.12. The normalized spacial score (nSPS) is 11.3. The standard InChI is InChI=1S/C13H11BrClNO3S/c1-8-2-4-9(5-3-8)20(18,19)16-12-7-13(17)11(15)6-10(12)14/h2-7,16-17H,1H3. The maximum absolute atomic E-state index is 12.2. The van der Waals surface area contributed by atoms with Gasteiger partial charge in [0.25, 0.3) is 10.0 Å². The summed E-state index contributed by atoms with van der Waals surface area (Å²) < 4.78 is 27.3. The zero-order valence-electron chi connectivity index (χ0n) is 10.4. The zero-order valence-corrected chi connectivity index (χ0v) is 13.6. The fraction of sp³-hybridized carbons (Fsp3) is 0.0769. The summed E-state index contributed by atoms with van der Waals surface area (Å²) >= 11 is 8.93. The topological polar surface area (TPSA) is 66.4 Å². The van der Waals surface area contributed by atoms with Gasteiger partial charge in [-0.25, -0.2) is 8.42 Å². The molecule has 0 spiro atoms. The van der Waals surface area contributed by atoms with Crippen LogP contribution in [0.15, 0.2) is 45.8 Å². The molecule has 0 aliphatic heterocycles. The maximum atomic E-state index is 12.2. The summed E-state index contributed by atoms with van der Waals surface area (Å²) in [6.07, 6.45) is 0. The van der Waals surface area contributed by atoms with E-state index in [0.717, 1.165) is 5.56 Å². The van der Waals surface area contributed by atoms with Gasteiger partial charge in [-0.1, -0.05) is 29.3 Å². The molecule has 0 saturated carbocycles. The fourth-order valence-corrected chi connectivity index (χ4v) is 3.48. The number of nitrogens with one attached hydrogen (secondary N) is 1. The summed E-state index contributed by atoms with van der Waals surface area (Å²) in [6.45, 7) is 1.87. The van der Waals surface area contributed by atoms with Crippen LogP contribution in [0, 0.1) is 6.92 Å². The van der Waals surface area contributed by atoms with Crippen LogP contribution >= 0.6 is 27.5 Å². The molecule has 20 heavy (non-hydrogen) atoms. The van der Waals surface area contributed by atoms with Crippen LogP contribution in [0.1, 0.15) is 5.56 Å². The molecule has 2 N–H and O–H groups in total. The van der Waals surface area contributed by atoms with E-state index in [1.54, 1.807) is 12.1 Å². The van der Waals surface area contributed by atoms with Gasteiger partial charge in [-0.05, 0) is 41.1 Å². The van der Waals surface area contributed by atoms with Crippen molar-refractivity contribution in [3.63, 3.8) is 0 Å². The highest BCUT2D eigenvalue weighted by atomic mass is 79.9. The van der Waals surface area contributed by atoms with Crippen LogP contribution < -0.4 is 4.72 Å². The SMILES string of the molecule is Cc1ccc(S(=O)(=O)Nc2cc(O)c(Cl)cc2Br)cc1. The molecule has 106 valence electrons. The van der Waals surface area contributed by atoms with E-state index < -0.39 is 10.0 Å². The summed E-state index contributed by atoms with van der Waals surface area (Å²) in [5.74, 6) is -0.198. The van der Waals surface area contributed by atoms with Gasteiger partial charge in [0.2, 0.25) is 0 Å². The average molecular weight is 377 g/mol. The predicted octanol–water partition coefficient (Wildman–Crippen LogP) is 3.92. The first-order valence-electron chi connectivity index (χ1n) is 5.57. The largest absolute Gasteiger partial charge is 0.506 e. The number of aryl methyl sites for hydroxylation is 1. The predicted molar refractivity (Wildman–Crippen MR) is 82.8 cm³/mol. The van der Waals surface area contributed by atoms with Crippen molar-refractivity contribution in [3.05, 3.63) is 51.5 Å². The second kappa shape index (κ2) is 5.63. The van der Waals surface area contributed by atoms with Crippen molar-refractivity contribution in [3.8, 4) is 5.75 Å². The highest BCUT2D eigenvalue weighted by molar-refractivity contribution is 9.10. The number of hydrogen-bond acceptors (Lipinski definition) is 3. The van der Waals surface area contributed by atoms with Crippen LogP contribution in [0.25, 0.3) is 0 Å². The maximum Gasteiger partial charge on any atom is 0.261 e. The Morgan fingerprint density at radius 2 is 1.80 bits per heavy atom. The lowest BCUT2D eigenvalue weighted by Crippen LogP contribution is -2.13. The Kier molecular flexibility index (Phi) is 4.27. The Morgan fingerprint density at radius 3 is 2.40 bits per heavy atom. The van der Waals surface area contributed by atoms with Gasteiger partial charge in [-0.15, -0.1) is 0 Å². The first kappa shape index (κ1) is 15.2. The second-order valence-electron chi connectivity index (χ2n) is 4.20. The molecule has 0 radical (unpaired) electrons.